The van der Waals surface area contributed by atoms with Crippen molar-refractivity contribution < 1.29 is 24.0 Å². The molecule has 1 spiro atoms. The van der Waals surface area contributed by atoms with Crippen LogP contribution in [0, 0.1) is 32.8 Å². The standard InChI is InChI=1S/C31H39N3O6/c1-17-10-11-21-28(2,3)26(35)19(32-5)16-31(21)29(17,4)15-18-14-20(34(37)38)22-23(24(18)40-31)25(33-27(22)36)30(39-6)12-8-7-9-13-30/h7-9,12,14,17,19,21,25,32H,10-11,13,15-16H2,1-6H3,(H,33,36)/t17-,19+,21-,25+,29+,30?,31-/m0/s1. The number of benzene rings is 1. The highest BCUT2D eigenvalue weighted by atomic mass is 16.6. The summed E-state index contributed by atoms with van der Waals surface area (Å²) in [6.45, 7) is 8.54. The lowest BCUT2D eigenvalue weighted by Crippen LogP contribution is -2.73. The van der Waals surface area contributed by atoms with Crippen molar-refractivity contribution in [1.82, 2.24) is 10.6 Å². The number of fused-ring (bicyclic) bond motifs is 3. The number of nitrogens with one attached hydrogen (secondary N) is 2. The van der Waals surface area contributed by atoms with Crippen molar-refractivity contribution in [2.75, 3.05) is 14.2 Å². The van der Waals surface area contributed by atoms with Crippen molar-refractivity contribution in [3.63, 3.8) is 0 Å². The molecule has 7 atom stereocenters. The summed E-state index contributed by atoms with van der Waals surface area (Å²) in [5, 5.41) is 18.7. The molecule has 5 aliphatic rings. The van der Waals surface area contributed by atoms with Crippen LogP contribution in [0.3, 0.4) is 0 Å². The van der Waals surface area contributed by atoms with Gasteiger partial charge in [0.05, 0.1) is 17.0 Å². The summed E-state index contributed by atoms with van der Waals surface area (Å²) in [6.07, 6.45) is 11.0. The van der Waals surface area contributed by atoms with Gasteiger partial charge in [-0.2, -0.15) is 0 Å². The van der Waals surface area contributed by atoms with Crippen molar-refractivity contribution in [3.05, 3.63) is 57.2 Å². The first-order chi connectivity index (χ1) is 18.9. The predicted molar refractivity (Wildman–Crippen MR) is 149 cm³/mol. The average molecular weight is 550 g/mol. The number of nitro groups is 1. The van der Waals surface area contributed by atoms with E-state index in [4.69, 9.17) is 9.47 Å². The number of likely N-dealkylation sites (N-methyl/N-ethyl adjacent to an activating group) is 1. The van der Waals surface area contributed by atoms with Gasteiger partial charge in [0.1, 0.15) is 22.5 Å². The smallest absolute Gasteiger partial charge is 0.283 e. The van der Waals surface area contributed by atoms with Gasteiger partial charge in [0.15, 0.2) is 5.78 Å². The Morgan fingerprint density at radius 3 is 2.58 bits per heavy atom. The molecule has 3 aliphatic carbocycles. The van der Waals surface area contributed by atoms with Crippen molar-refractivity contribution in [2.45, 2.75) is 83.1 Å². The summed E-state index contributed by atoms with van der Waals surface area (Å²) in [4.78, 5) is 39.0. The van der Waals surface area contributed by atoms with Crippen molar-refractivity contribution in [3.8, 4) is 5.75 Å². The Labute approximate surface area is 234 Å². The van der Waals surface area contributed by atoms with Crippen LogP contribution in [0.2, 0.25) is 0 Å². The number of hydrogen-bond acceptors (Lipinski definition) is 7. The number of Topliss-reactive ketones (excluding diaryl/α,β-unsaturated/α-hetero) is 1. The maximum absolute atomic E-state index is 13.6. The van der Waals surface area contributed by atoms with Gasteiger partial charge in [-0.3, -0.25) is 19.7 Å². The van der Waals surface area contributed by atoms with Gasteiger partial charge in [0.25, 0.3) is 11.6 Å². The van der Waals surface area contributed by atoms with Crippen molar-refractivity contribution in [1.29, 1.82) is 0 Å². The molecule has 9 nitrogen and oxygen atoms in total. The largest absolute Gasteiger partial charge is 0.486 e. The van der Waals surface area contributed by atoms with Gasteiger partial charge in [-0.25, -0.2) is 0 Å². The molecular formula is C31H39N3O6. The number of carbonyl (C=O) groups excluding carboxylic acids is 2. The Balaban J connectivity index is 1.63. The van der Waals surface area contributed by atoms with Crippen LogP contribution < -0.4 is 15.4 Å². The summed E-state index contributed by atoms with van der Waals surface area (Å²) in [5.74, 6) is 0.453. The van der Waals surface area contributed by atoms with Gasteiger partial charge in [-0.05, 0) is 32.2 Å². The minimum Gasteiger partial charge on any atom is -0.486 e. The van der Waals surface area contributed by atoms with E-state index in [2.05, 4.69) is 24.5 Å². The lowest BCUT2D eigenvalue weighted by atomic mass is 9.43. The molecule has 1 aromatic carbocycles. The minimum absolute atomic E-state index is 0.0462. The molecule has 0 bridgehead atoms. The van der Waals surface area contributed by atoms with Crippen molar-refractivity contribution >= 4 is 17.4 Å². The Hall–Kier alpha value is -3.04. The summed E-state index contributed by atoms with van der Waals surface area (Å²) < 4.78 is 13.4. The van der Waals surface area contributed by atoms with Crippen LogP contribution in [0.1, 0.15) is 80.9 Å². The van der Waals surface area contributed by atoms with Crippen molar-refractivity contribution in [2.24, 2.45) is 22.7 Å². The van der Waals surface area contributed by atoms with Gasteiger partial charge in [-0.1, -0.05) is 52.0 Å². The highest BCUT2D eigenvalue weighted by Crippen LogP contribution is 2.66. The Morgan fingerprint density at radius 1 is 1.20 bits per heavy atom. The molecule has 2 heterocycles. The predicted octanol–water partition coefficient (Wildman–Crippen LogP) is 4.59. The van der Waals surface area contributed by atoms with Crippen LogP contribution >= 0.6 is 0 Å². The third-order valence-electron chi connectivity index (χ3n) is 11.3. The topological polar surface area (TPSA) is 120 Å². The van der Waals surface area contributed by atoms with E-state index in [0.717, 1.165) is 18.4 Å². The van der Waals surface area contributed by atoms with Gasteiger partial charge >= 0.3 is 0 Å². The number of carbonyl (C=O) groups is 2. The van der Waals surface area contributed by atoms with Gasteiger partial charge in [0.2, 0.25) is 0 Å². The first kappa shape index (κ1) is 27.1. The van der Waals surface area contributed by atoms with Crippen LogP contribution in [0.4, 0.5) is 5.69 Å². The molecule has 0 aromatic heterocycles. The molecule has 2 aliphatic heterocycles. The zero-order chi connectivity index (χ0) is 28.8. The summed E-state index contributed by atoms with van der Waals surface area (Å²) >= 11 is 0. The molecule has 9 heteroatoms. The van der Waals surface area contributed by atoms with E-state index in [1.165, 1.54) is 0 Å². The molecule has 1 amide bonds. The molecule has 0 radical (unpaired) electrons. The number of allylic oxidation sites excluding steroid dienone is 2. The molecule has 2 N–H and O–H groups in total. The monoisotopic (exact) mass is 549 g/mol. The zero-order valence-corrected chi connectivity index (χ0v) is 24.1. The lowest BCUT2D eigenvalue weighted by Gasteiger charge is -2.66. The molecule has 1 unspecified atom stereocenters. The molecule has 6 rings (SSSR count). The second-order valence-electron chi connectivity index (χ2n) is 13.2. The maximum atomic E-state index is 13.6. The van der Waals surface area contributed by atoms with Crippen LogP contribution in [0.15, 0.2) is 30.4 Å². The third kappa shape index (κ3) is 3.27. The van der Waals surface area contributed by atoms with E-state index < -0.39 is 33.5 Å². The number of amides is 1. The normalized spacial score (nSPS) is 39.0. The quantitative estimate of drug-likeness (QED) is 0.416. The SMILES string of the molecule is CN[C@@H]1C[C@@]23Oc4c(cc([N+](=O)[O-])c5c4[C@H](C4(OC)C=CC=CC4)NC5=O)C[C@]2(C)[C@@H](C)CC[C@H]3C(C)(C)C1=O. The van der Waals surface area contributed by atoms with Crippen LogP contribution in [-0.4, -0.2) is 48.0 Å². The molecule has 2 saturated carbocycles. The fourth-order valence-electron chi connectivity index (χ4n) is 8.86. The number of nitro benzene ring substituents is 1. The number of methoxy groups -OCH3 is 1. The van der Waals surface area contributed by atoms with Gasteiger partial charge in [0, 0.05) is 53.9 Å². The molecule has 1 aromatic rings. The minimum atomic E-state index is -0.922. The summed E-state index contributed by atoms with van der Waals surface area (Å²) in [6, 6.07) is 0.499. The highest BCUT2D eigenvalue weighted by Gasteiger charge is 2.70. The Bertz CT molecular complexity index is 1380. The molecule has 214 valence electrons. The van der Waals surface area contributed by atoms with E-state index >= 15 is 0 Å². The number of nitrogens with zero attached hydrogens (tertiary/aromatic N) is 1. The van der Waals surface area contributed by atoms with Crippen LogP contribution in [-0.2, 0) is 16.0 Å². The summed E-state index contributed by atoms with van der Waals surface area (Å²) in [7, 11) is 3.42. The molecule has 40 heavy (non-hydrogen) atoms. The van der Waals surface area contributed by atoms with Gasteiger partial charge in [-0.15, -0.1) is 0 Å². The lowest BCUT2D eigenvalue weighted by molar-refractivity contribution is -0.385. The van der Waals surface area contributed by atoms with Crippen LogP contribution in [0.25, 0.3) is 0 Å². The fraction of sp³-hybridized carbons (Fsp3) is 0.613. The van der Waals surface area contributed by atoms with E-state index in [9.17, 15) is 19.7 Å². The number of rotatable bonds is 4. The van der Waals surface area contributed by atoms with E-state index in [1.54, 1.807) is 13.2 Å². The zero-order valence-electron chi connectivity index (χ0n) is 24.1. The maximum Gasteiger partial charge on any atom is 0.283 e. The third-order valence-corrected chi connectivity index (χ3v) is 11.3. The number of hydrogen-bond donors (Lipinski definition) is 2. The van der Waals surface area contributed by atoms with Gasteiger partial charge < -0.3 is 20.1 Å². The first-order valence-electron chi connectivity index (χ1n) is 14.3. The van der Waals surface area contributed by atoms with E-state index in [-0.39, 0.29) is 40.3 Å². The number of ketones is 1. The van der Waals surface area contributed by atoms with Crippen LogP contribution in [0.5, 0.6) is 5.75 Å². The summed E-state index contributed by atoms with van der Waals surface area (Å²) in [5.41, 5.74) is -1.55. The molecular weight excluding hydrogens is 510 g/mol. The van der Waals surface area contributed by atoms with E-state index in [1.807, 2.05) is 45.2 Å². The second kappa shape index (κ2) is 8.73. The first-order valence-corrected chi connectivity index (χ1v) is 14.3. The Kier molecular flexibility index (Phi) is 5.92. The molecule has 2 fully saturated rings. The highest BCUT2D eigenvalue weighted by molar-refractivity contribution is 6.04. The fourth-order valence-corrected chi connectivity index (χ4v) is 8.86. The van der Waals surface area contributed by atoms with E-state index in [0.29, 0.717) is 30.6 Å². The average Bonchev–Trinajstić information content (AvgIpc) is 3.28. The molecule has 0 saturated heterocycles. The number of ether oxygens (including phenoxy) is 2. The second-order valence-corrected chi connectivity index (χ2v) is 13.2. The Morgan fingerprint density at radius 2 is 1.95 bits per heavy atom.